The quantitative estimate of drug-likeness (QED) is 0.871. The minimum Gasteiger partial charge on any atom is -0.353 e. The van der Waals surface area contributed by atoms with Crippen molar-refractivity contribution in [3.8, 4) is 0 Å². The summed E-state index contributed by atoms with van der Waals surface area (Å²) in [5.74, 6) is 0.847. The van der Waals surface area contributed by atoms with Gasteiger partial charge >= 0.3 is 0 Å². The fraction of sp³-hybridized carbons (Fsp3) is 0.533. The number of carbonyl (C=O) groups excluding carboxylic acids is 1. The summed E-state index contributed by atoms with van der Waals surface area (Å²) in [5, 5.41) is 6.52. The number of nitrogens with one attached hydrogen (secondary N) is 2. The van der Waals surface area contributed by atoms with E-state index in [1.165, 1.54) is 5.56 Å². The van der Waals surface area contributed by atoms with Crippen LogP contribution in [0, 0.1) is 5.92 Å². The number of amides is 1. The van der Waals surface area contributed by atoms with E-state index in [1.54, 1.807) is 0 Å². The highest BCUT2D eigenvalue weighted by atomic mass is 79.9. The SMILES string of the molecule is Cl.O=C(NC1CCNCC1)C1CC1c1cccc(Br)c1. The van der Waals surface area contributed by atoms with E-state index in [4.69, 9.17) is 0 Å². The summed E-state index contributed by atoms with van der Waals surface area (Å²) in [6.45, 7) is 2.04. The molecular weight excluding hydrogens is 340 g/mol. The highest BCUT2D eigenvalue weighted by molar-refractivity contribution is 9.10. The Bertz CT molecular complexity index is 477. The fourth-order valence-corrected chi connectivity index (χ4v) is 3.28. The molecule has 1 aliphatic carbocycles. The maximum absolute atomic E-state index is 12.2. The lowest BCUT2D eigenvalue weighted by Crippen LogP contribution is -2.43. The van der Waals surface area contributed by atoms with Gasteiger partial charge < -0.3 is 10.6 Å². The molecule has 1 heterocycles. The zero-order chi connectivity index (χ0) is 13.2. The van der Waals surface area contributed by atoms with Gasteiger partial charge in [-0.2, -0.15) is 0 Å². The molecule has 1 aromatic carbocycles. The zero-order valence-electron chi connectivity index (χ0n) is 11.3. The molecule has 1 saturated carbocycles. The van der Waals surface area contributed by atoms with Gasteiger partial charge in [0.15, 0.2) is 0 Å². The van der Waals surface area contributed by atoms with Crippen molar-refractivity contribution in [1.29, 1.82) is 0 Å². The highest BCUT2D eigenvalue weighted by Gasteiger charge is 2.44. The molecule has 3 nitrogen and oxygen atoms in total. The van der Waals surface area contributed by atoms with Crippen molar-refractivity contribution in [3.63, 3.8) is 0 Å². The van der Waals surface area contributed by atoms with Gasteiger partial charge in [0.25, 0.3) is 0 Å². The van der Waals surface area contributed by atoms with Crippen LogP contribution in [0.1, 0.15) is 30.7 Å². The van der Waals surface area contributed by atoms with Crippen LogP contribution in [0.2, 0.25) is 0 Å². The number of piperidine rings is 1. The standard InChI is InChI=1S/C15H19BrN2O.ClH/c16-11-3-1-2-10(8-11)13-9-14(13)15(19)18-12-4-6-17-7-5-12;/h1-3,8,12-14,17H,4-7,9H2,(H,18,19);1H. The second-order valence-electron chi connectivity index (χ2n) is 5.54. The summed E-state index contributed by atoms with van der Waals surface area (Å²) in [6.07, 6.45) is 3.10. The van der Waals surface area contributed by atoms with E-state index >= 15 is 0 Å². The molecule has 1 aliphatic heterocycles. The second kappa shape index (κ2) is 6.92. The molecule has 2 atom stereocenters. The lowest BCUT2D eigenvalue weighted by Gasteiger charge is -2.23. The monoisotopic (exact) mass is 358 g/mol. The van der Waals surface area contributed by atoms with Crippen molar-refractivity contribution in [2.45, 2.75) is 31.2 Å². The van der Waals surface area contributed by atoms with E-state index < -0.39 is 0 Å². The van der Waals surface area contributed by atoms with Crippen LogP contribution >= 0.6 is 28.3 Å². The number of hydrogen-bond acceptors (Lipinski definition) is 2. The smallest absolute Gasteiger partial charge is 0.223 e. The molecule has 2 N–H and O–H groups in total. The Labute approximate surface area is 134 Å². The normalized spacial score (nSPS) is 25.6. The molecule has 3 rings (SSSR count). The van der Waals surface area contributed by atoms with Gasteiger partial charge in [-0.25, -0.2) is 0 Å². The van der Waals surface area contributed by atoms with Crippen LogP contribution in [0.15, 0.2) is 28.7 Å². The fourth-order valence-electron chi connectivity index (χ4n) is 2.86. The van der Waals surface area contributed by atoms with Crippen LogP contribution in [-0.2, 0) is 4.79 Å². The number of rotatable bonds is 3. The molecule has 0 radical (unpaired) electrons. The first kappa shape index (κ1) is 15.8. The Balaban J connectivity index is 0.00000147. The third kappa shape index (κ3) is 3.74. The van der Waals surface area contributed by atoms with E-state index in [-0.39, 0.29) is 24.2 Å². The van der Waals surface area contributed by atoms with Crippen molar-refractivity contribution in [1.82, 2.24) is 10.6 Å². The molecular formula is C15H20BrClN2O. The molecule has 1 aromatic rings. The van der Waals surface area contributed by atoms with Gasteiger partial charge in [0.2, 0.25) is 5.91 Å². The largest absolute Gasteiger partial charge is 0.353 e. The highest BCUT2D eigenvalue weighted by Crippen LogP contribution is 2.48. The summed E-state index contributed by atoms with van der Waals surface area (Å²) in [6, 6.07) is 8.68. The molecule has 2 unspecified atom stereocenters. The van der Waals surface area contributed by atoms with Crippen molar-refractivity contribution in [2.24, 2.45) is 5.92 Å². The van der Waals surface area contributed by atoms with Crippen LogP contribution in [0.25, 0.3) is 0 Å². The molecule has 0 aromatic heterocycles. The van der Waals surface area contributed by atoms with Gasteiger partial charge in [-0.05, 0) is 56.0 Å². The maximum Gasteiger partial charge on any atom is 0.223 e. The lowest BCUT2D eigenvalue weighted by atomic mass is 10.1. The van der Waals surface area contributed by atoms with Gasteiger partial charge in [-0.1, -0.05) is 28.1 Å². The Hall–Kier alpha value is -0.580. The molecule has 1 amide bonds. The molecule has 5 heteroatoms. The zero-order valence-corrected chi connectivity index (χ0v) is 13.7. The molecule has 2 aliphatic rings. The van der Waals surface area contributed by atoms with Crippen molar-refractivity contribution < 1.29 is 4.79 Å². The van der Waals surface area contributed by atoms with Crippen molar-refractivity contribution in [2.75, 3.05) is 13.1 Å². The van der Waals surface area contributed by atoms with Gasteiger partial charge in [-0.15, -0.1) is 12.4 Å². The summed E-state index contributed by atoms with van der Waals surface area (Å²) >= 11 is 3.49. The minimum atomic E-state index is 0. The number of halogens is 2. The average molecular weight is 360 g/mol. The van der Waals surface area contributed by atoms with Gasteiger partial charge in [-0.3, -0.25) is 4.79 Å². The topological polar surface area (TPSA) is 41.1 Å². The first-order valence-electron chi connectivity index (χ1n) is 7.00. The lowest BCUT2D eigenvalue weighted by molar-refractivity contribution is -0.123. The Morgan fingerprint density at radius 1 is 1.30 bits per heavy atom. The third-order valence-corrected chi connectivity index (χ3v) is 4.58. The third-order valence-electron chi connectivity index (χ3n) is 4.09. The van der Waals surface area contributed by atoms with Crippen LogP contribution in [0.5, 0.6) is 0 Å². The Morgan fingerprint density at radius 3 is 2.75 bits per heavy atom. The minimum absolute atomic E-state index is 0. The van der Waals surface area contributed by atoms with E-state index in [2.05, 4.69) is 38.7 Å². The predicted octanol–water partition coefficient (Wildman–Crippen LogP) is 2.84. The second-order valence-corrected chi connectivity index (χ2v) is 6.45. The summed E-state index contributed by atoms with van der Waals surface area (Å²) in [4.78, 5) is 12.2. The van der Waals surface area contributed by atoms with E-state index in [0.29, 0.717) is 12.0 Å². The number of hydrogen-bond donors (Lipinski definition) is 2. The van der Waals surface area contributed by atoms with Crippen molar-refractivity contribution >= 4 is 34.2 Å². The predicted molar refractivity (Wildman–Crippen MR) is 86.3 cm³/mol. The molecule has 0 spiro atoms. The molecule has 0 bridgehead atoms. The van der Waals surface area contributed by atoms with Crippen LogP contribution < -0.4 is 10.6 Å². The molecule has 1 saturated heterocycles. The van der Waals surface area contributed by atoms with Crippen LogP contribution in [-0.4, -0.2) is 25.0 Å². The molecule has 20 heavy (non-hydrogen) atoms. The number of benzene rings is 1. The van der Waals surface area contributed by atoms with Crippen LogP contribution in [0.4, 0.5) is 0 Å². The summed E-state index contributed by atoms with van der Waals surface area (Å²) in [7, 11) is 0. The molecule has 2 fully saturated rings. The first-order chi connectivity index (χ1) is 9.24. The van der Waals surface area contributed by atoms with E-state index in [9.17, 15) is 4.79 Å². The van der Waals surface area contributed by atoms with Crippen LogP contribution in [0.3, 0.4) is 0 Å². The van der Waals surface area contributed by atoms with E-state index in [0.717, 1.165) is 36.8 Å². The van der Waals surface area contributed by atoms with Gasteiger partial charge in [0, 0.05) is 16.4 Å². The van der Waals surface area contributed by atoms with E-state index in [1.807, 2.05) is 12.1 Å². The maximum atomic E-state index is 12.2. The number of carbonyl (C=O) groups is 1. The summed E-state index contributed by atoms with van der Waals surface area (Å²) < 4.78 is 1.09. The first-order valence-corrected chi connectivity index (χ1v) is 7.80. The van der Waals surface area contributed by atoms with Gasteiger partial charge in [0.05, 0.1) is 0 Å². The Kier molecular flexibility index (Phi) is 5.47. The molecule has 110 valence electrons. The Morgan fingerprint density at radius 2 is 2.05 bits per heavy atom. The summed E-state index contributed by atoms with van der Waals surface area (Å²) in [5.41, 5.74) is 1.28. The average Bonchev–Trinajstić information content (AvgIpc) is 3.20. The van der Waals surface area contributed by atoms with Crippen molar-refractivity contribution in [3.05, 3.63) is 34.3 Å². The van der Waals surface area contributed by atoms with Gasteiger partial charge in [0.1, 0.15) is 0 Å².